The number of rotatable bonds is 2. The van der Waals surface area contributed by atoms with Crippen molar-refractivity contribution in [3.63, 3.8) is 0 Å². The first-order valence-corrected chi connectivity index (χ1v) is 6.06. The van der Waals surface area contributed by atoms with Crippen molar-refractivity contribution in [2.45, 2.75) is 12.8 Å². The fourth-order valence-electron chi connectivity index (χ4n) is 2.27. The number of aliphatic carboxylic acids is 1. The Morgan fingerprint density at radius 2 is 1.80 bits per heavy atom. The molecule has 7 heteroatoms. The summed E-state index contributed by atoms with van der Waals surface area (Å²) in [7, 11) is 0. The van der Waals surface area contributed by atoms with Gasteiger partial charge in [0.2, 0.25) is 0 Å². The van der Waals surface area contributed by atoms with Crippen molar-refractivity contribution in [1.82, 2.24) is 4.90 Å². The first kappa shape index (κ1) is 14.4. The molecule has 108 valence electrons. The third-order valence-electron chi connectivity index (χ3n) is 3.28. The summed E-state index contributed by atoms with van der Waals surface area (Å²) >= 11 is 0. The minimum atomic E-state index is -1.29. The molecule has 0 unspecified atom stereocenters. The number of carboxylic acids is 1. The topological polar surface area (TPSA) is 57.6 Å². The Balaban J connectivity index is 2.25. The zero-order valence-electron chi connectivity index (χ0n) is 10.4. The third kappa shape index (κ3) is 2.76. The van der Waals surface area contributed by atoms with Gasteiger partial charge in [-0.25, -0.2) is 13.2 Å². The molecule has 0 aliphatic carbocycles. The van der Waals surface area contributed by atoms with Gasteiger partial charge in [-0.15, -0.1) is 0 Å². The van der Waals surface area contributed by atoms with Crippen LogP contribution in [0.4, 0.5) is 13.2 Å². The Morgan fingerprint density at radius 1 is 1.20 bits per heavy atom. The number of benzene rings is 1. The molecule has 20 heavy (non-hydrogen) atoms. The maximum absolute atomic E-state index is 13.5. The monoisotopic (exact) mass is 287 g/mol. The minimum absolute atomic E-state index is 0.107. The van der Waals surface area contributed by atoms with E-state index in [1.165, 1.54) is 0 Å². The average molecular weight is 287 g/mol. The standard InChI is InChI=1S/C13H12F3NO3/c14-8-4-9(15)11(10(16)5-8)12(18)17-3-1-2-7(6-17)13(19)20/h4-5,7H,1-3,6H2,(H,19,20)/t7-/m0/s1. The number of hydrogen-bond donors (Lipinski definition) is 1. The lowest BCUT2D eigenvalue weighted by Gasteiger charge is -2.30. The highest BCUT2D eigenvalue weighted by atomic mass is 19.1. The predicted molar refractivity (Wildman–Crippen MR) is 62.6 cm³/mol. The number of hydrogen-bond acceptors (Lipinski definition) is 2. The number of carbonyl (C=O) groups excluding carboxylic acids is 1. The Kier molecular flexibility index (Phi) is 3.96. The quantitative estimate of drug-likeness (QED) is 0.905. The molecule has 1 N–H and O–H groups in total. The van der Waals surface area contributed by atoms with Crippen LogP contribution in [0.5, 0.6) is 0 Å². The summed E-state index contributed by atoms with van der Waals surface area (Å²) in [6.07, 6.45) is 0.848. The van der Waals surface area contributed by atoms with E-state index < -0.39 is 40.8 Å². The Hall–Kier alpha value is -2.05. The van der Waals surface area contributed by atoms with Gasteiger partial charge in [0.25, 0.3) is 5.91 Å². The summed E-state index contributed by atoms with van der Waals surface area (Å²) in [5, 5.41) is 8.92. The van der Waals surface area contributed by atoms with Crippen molar-refractivity contribution in [2.75, 3.05) is 13.1 Å². The lowest BCUT2D eigenvalue weighted by Crippen LogP contribution is -2.42. The first-order chi connectivity index (χ1) is 9.40. The van der Waals surface area contributed by atoms with Crippen LogP contribution in [0.15, 0.2) is 12.1 Å². The molecule has 1 amide bonds. The van der Waals surface area contributed by atoms with Gasteiger partial charge >= 0.3 is 5.97 Å². The normalized spacial score (nSPS) is 18.9. The summed E-state index contributed by atoms with van der Waals surface area (Å²) in [6.45, 7) is 0.114. The lowest BCUT2D eigenvalue weighted by atomic mass is 9.97. The second-order valence-electron chi connectivity index (χ2n) is 4.67. The smallest absolute Gasteiger partial charge is 0.308 e. The van der Waals surface area contributed by atoms with E-state index >= 15 is 0 Å². The summed E-state index contributed by atoms with van der Waals surface area (Å²) in [5.41, 5.74) is -0.850. The molecule has 0 spiro atoms. The molecule has 0 saturated carbocycles. The molecule has 0 aromatic heterocycles. The number of halogens is 3. The number of piperidine rings is 1. The van der Waals surface area contributed by atoms with Crippen LogP contribution in [-0.4, -0.2) is 35.0 Å². The number of nitrogens with zero attached hydrogens (tertiary/aromatic N) is 1. The van der Waals surface area contributed by atoms with Gasteiger partial charge in [0.05, 0.1) is 5.92 Å². The predicted octanol–water partition coefficient (Wildman–Crippen LogP) is 2.04. The Morgan fingerprint density at radius 3 is 2.35 bits per heavy atom. The molecule has 1 atom stereocenters. The largest absolute Gasteiger partial charge is 0.481 e. The summed E-state index contributed by atoms with van der Waals surface area (Å²) in [6, 6.07) is 0.851. The van der Waals surface area contributed by atoms with Gasteiger partial charge in [0, 0.05) is 25.2 Å². The fraction of sp³-hybridized carbons (Fsp3) is 0.385. The van der Waals surface area contributed by atoms with Crippen LogP contribution < -0.4 is 0 Å². The van der Waals surface area contributed by atoms with Crippen molar-refractivity contribution in [2.24, 2.45) is 5.92 Å². The van der Waals surface area contributed by atoms with Gasteiger partial charge < -0.3 is 10.0 Å². The van der Waals surface area contributed by atoms with E-state index in [1.54, 1.807) is 0 Å². The molecule has 0 bridgehead atoms. The zero-order valence-corrected chi connectivity index (χ0v) is 10.4. The second-order valence-corrected chi connectivity index (χ2v) is 4.67. The van der Waals surface area contributed by atoms with Crippen molar-refractivity contribution < 1.29 is 27.9 Å². The van der Waals surface area contributed by atoms with Gasteiger partial charge in [-0.2, -0.15) is 0 Å². The van der Waals surface area contributed by atoms with Gasteiger partial charge in [-0.3, -0.25) is 9.59 Å². The van der Waals surface area contributed by atoms with Crippen LogP contribution in [0.1, 0.15) is 23.2 Å². The molecule has 4 nitrogen and oxygen atoms in total. The highest BCUT2D eigenvalue weighted by Crippen LogP contribution is 2.22. The van der Waals surface area contributed by atoms with Gasteiger partial charge in [-0.05, 0) is 12.8 Å². The minimum Gasteiger partial charge on any atom is -0.481 e. The Bertz CT molecular complexity index is 539. The van der Waals surface area contributed by atoms with Gasteiger partial charge in [0.1, 0.15) is 23.0 Å². The second kappa shape index (κ2) is 5.52. The maximum atomic E-state index is 13.5. The van der Waals surface area contributed by atoms with E-state index in [2.05, 4.69) is 0 Å². The number of carbonyl (C=O) groups is 2. The van der Waals surface area contributed by atoms with Crippen molar-refractivity contribution in [1.29, 1.82) is 0 Å². The summed E-state index contributed by atoms with van der Waals surface area (Å²) in [5.74, 6) is -6.44. The van der Waals surface area contributed by atoms with E-state index in [9.17, 15) is 22.8 Å². The van der Waals surface area contributed by atoms with Crippen LogP contribution in [0, 0.1) is 23.4 Å². The van der Waals surface area contributed by atoms with Gasteiger partial charge in [-0.1, -0.05) is 0 Å². The zero-order chi connectivity index (χ0) is 14.9. The first-order valence-electron chi connectivity index (χ1n) is 6.06. The van der Waals surface area contributed by atoms with Crippen LogP contribution >= 0.6 is 0 Å². The van der Waals surface area contributed by atoms with E-state index in [0.29, 0.717) is 25.0 Å². The molecule has 0 radical (unpaired) electrons. The van der Waals surface area contributed by atoms with E-state index in [4.69, 9.17) is 5.11 Å². The van der Waals surface area contributed by atoms with E-state index in [-0.39, 0.29) is 13.1 Å². The highest BCUT2D eigenvalue weighted by Gasteiger charge is 2.31. The molecule has 1 aliphatic rings. The van der Waals surface area contributed by atoms with Crippen molar-refractivity contribution in [3.05, 3.63) is 35.1 Å². The molecule has 2 rings (SSSR count). The average Bonchev–Trinajstić information content (AvgIpc) is 2.37. The number of amides is 1. The van der Waals surface area contributed by atoms with E-state index in [1.807, 2.05) is 0 Å². The Labute approximate surface area is 112 Å². The molecule has 1 heterocycles. The number of carboxylic acid groups (broad SMARTS) is 1. The SMILES string of the molecule is O=C(O)[C@H]1CCCN(C(=O)c2c(F)cc(F)cc2F)C1. The van der Waals surface area contributed by atoms with E-state index in [0.717, 1.165) is 4.90 Å². The molecule has 1 aromatic carbocycles. The lowest BCUT2D eigenvalue weighted by molar-refractivity contribution is -0.143. The maximum Gasteiger partial charge on any atom is 0.308 e. The molecular weight excluding hydrogens is 275 g/mol. The summed E-state index contributed by atoms with van der Waals surface area (Å²) in [4.78, 5) is 24.0. The summed E-state index contributed by atoms with van der Waals surface area (Å²) < 4.78 is 39.9. The fourth-order valence-corrected chi connectivity index (χ4v) is 2.27. The molecule has 1 fully saturated rings. The third-order valence-corrected chi connectivity index (χ3v) is 3.28. The highest BCUT2D eigenvalue weighted by molar-refractivity contribution is 5.95. The van der Waals surface area contributed by atoms with Crippen LogP contribution in [0.2, 0.25) is 0 Å². The van der Waals surface area contributed by atoms with Gasteiger partial charge in [0.15, 0.2) is 0 Å². The van der Waals surface area contributed by atoms with Crippen LogP contribution in [-0.2, 0) is 4.79 Å². The van der Waals surface area contributed by atoms with Crippen LogP contribution in [0.3, 0.4) is 0 Å². The molecule has 1 saturated heterocycles. The molecular formula is C13H12F3NO3. The number of likely N-dealkylation sites (tertiary alicyclic amines) is 1. The van der Waals surface area contributed by atoms with Crippen LogP contribution in [0.25, 0.3) is 0 Å². The molecule has 1 aromatic rings. The van der Waals surface area contributed by atoms with Crippen molar-refractivity contribution in [3.8, 4) is 0 Å². The molecule has 1 aliphatic heterocycles. The van der Waals surface area contributed by atoms with Crippen molar-refractivity contribution >= 4 is 11.9 Å².